The molecule has 0 radical (unpaired) electrons. The number of rotatable bonds is 4. The first-order valence-corrected chi connectivity index (χ1v) is 5.74. The summed E-state index contributed by atoms with van der Waals surface area (Å²) in [5.41, 5.74) is 0.293. The van der Waals surface area contributed by atoms with Crippen molar-refractivity contribution in [1.29, 1.82) is 0 Å². The number of pyridine rings is 1. The number of hydrogen-bond donors (Lipinski definition) is 0. The zero-order valence-electron chi connectivity index (χ0n) is 10.1. The highest BCUT2D eigenvalue weighted by Crippen LogP contribution is 2.14. The number of Topliss-reactive ketones (excluding diaryl/α,β-unsaturated/α-hetero) is 1. The summed E-state index contributed by atoms with van der Waals surface area (Å²) < 4.78 is 4.73. The Morgan fingerprint density at radius 1 is 1.22 bits per heavy atom. The first-order valence-electron chi connectivity index (χ1n) is 5.74. The molecule has 92 valence electrons. The maximum Gasteiger partial charge on any atom is 0.313 e. The van der Waals surface area contributed by atoms with Crippen molar-refractivity contribution in [3.63, 3.8) is 0 Å². The van der Waals surface area contributed by atoms with Gasteiger partial charge in [-0.1, -0.05) is 24.3 Å². The van der Waals surface area contributed by atoms with E-state index in [9.17, 15) is 9.59 Å². The molecule has 0 aliphatic carbocycles. The number of ketones is 1. The van der Waals surface area contributed by atoms with E-state index in [1.165, 1.54) is 0 Å². The lowest BCUT2D eigenvalue weighted by atomic mass is 10.1. The van der Waals surface area contributed by atoms with Crippen LogP contribution in [0.2, 0.25) is 0 Å². The number of fused-ring (bicyclic) bond motifs is 1. The van der Waals surface area contributed by atoms with E-state index in [1.807, 2.05) is 24.3 Å². The van der Waals surface area contributed by atoms with Gasteiger partial charge < -0.3 is 4.74 Å². The lowest BCUT2D eigenvalue weighted by Gasteiger charge is -2.02. The fraction of sp³-hybridized carbons (Fsp3) is 0.214. The number of carbonyl (C=O) groups excluding carboxylic acids is 2. The summed E-state index contributed by atoms with van der Waals surface area (Å²) in [5.74, 6) is -0.836. The third kappa shape index (κ3) is 2.71. The molecule has 0 saturated carbocycles. The lowest BCUT2D eigenvalue weighted by Crippen LogP contribution is -2.12. The molecule has 0 bridgehead atoms. The lowest BCUT2D eigenvalue weighted by molar-refractivity contribution is -0.141. The highest BCUT2D eigenvalue weighted by Gasteiger charge is 2.14. The smallest absolute Gasteiger partial charge is 0.313 e. The molecule has 0 N–H and O–H groups in total. The zero-order valence-corrected chi connectivity index (χ0v) is 10.1. The number of hydrogen-bond acceptors (Lipinski definition) is 4. The maximum atomic E-state index is 11.8. The average molecular weight is 243 g/mol. The van der Waals surface area contributed by atoms with E-state index in [-0.39, 0.29) is 18.8 Å². The van der Waals surface area contributed by atoms with Crippen LogP contribution in [0.5, 0.6) is 0 Å². The molecule has 0 saturated heterocycles. The number of benzene rings is 1. The fourth-order valence-corrected chi connectivity index (χ4v) is 1.67. The number of esters is 1. The summed E-state index contributed by atoms with van der Waals surface area (Å²) in [7, 11) is 0. The second-order valence-electron chi connectivity index (χ2n) is 3.82. The van der Waals surface area contributed by atoms with Gasteiger partial charge in [-0.3, -0.25) is 14.6 Å². The van der Waals surface area contributed by atoms with Crippen LogP contribution in [-0.2, 0) is 9.53 Å². The molecular formula is C14H13NO3. The van der Waals surface area contributed by atoms with Gasteiger partial charge in [0.2, 0.25) is 0 Å². The van der Waals surface area contributed by atoms with Crippen molar-refractivity contribution in [3.05, 3.63) is 42.2 Å². The molecule has 1 heterocycles. The zero-order chi connectivity index (χ0) is 13.0. The van der Waals surface area contributed by atoms with Crippen molar-refractivity contribution in [2.24, 2.45) is 0 Å². The van der Waals surface area contributed by atoms with Gasteiger partial charge in [-0.25, -0.2) is 0 Å². The SMILES string of the molecule is CCOC(=O)CC(=O)c1cc2ccccc2cn1. The van der Waals surface area contributed by atoms with Gasteiger partial charge in [-0.05, 0) is 18.4 Å². The minimum atomic E-state index is -0.516. The molecule has 18 heavy (non-hydrogen) atoms. The van der Waals surface area contributed by atoms with Crippen LogP contribution in [0.25, 0.3) is 10.8 Å². The first-order chi connectivity index (χ1) is 8.70. The van der Waals surface area contributed by atoms with Crippen LogP contribution < -0.4 is 0 Å². The molecular weight excluding hydrogens is 230 g/mol. The van der Waals surface area contributed by atoms with Crippen LogP contribution in [0.1, 0.15) is 23.8 Å². The predicted molar refractivity (Wildman–Crippen MR) is 67.3 cm³/mol. The Kier molecular flexibility index (Phi) is 3.67. The molecule has 0 amide bonds. The maximum absolute atomic E-state index is 11.8. The number of nitrogens with zero attached hydrogens (tertiary/aromatic N) is 1. The summed E-state index contributed by atoms with van der Waals surface area (Å²) >= 11 is 0. The Balaban J connectivity index is 2.20. The minimum Gasteiger partial charge on any atom is -0.466 e. The van der Waals surface area contributed by atoms with Crippen molar-refractivity contribution in [1.82, 2.24) is 4.98 Å². The van der Waals surface area contributed by atoms with Gasteiger partial charge in [-0.15, -0.1) is 0 Å². The van der Waals surface area contributed by atoms with Crippen molar-refractivity contribution in [3.8, 4) is 0 Å². The van der Waals surface area contributed by atoms with E-state index in [4.69, 9.17) is 4.74 Å². The number of aromatic nitrogens is 1. The minimum absolute atomic E-state index is 0.265. The summed E-state index contributed by atoms with van der Waals surface area (Å²) in [5, 5.41) is 1.89. The molecule has 0 fully saturated rings. The van der Waals surface area contributed by atoms with E-state index in [0.29, 0.717) is 5.69 Å². The van der Waals surface area contributed by atoms with E-state index < -0.39 is 5.97 Å². The standard InChI is InChI=1S/C14H13NO3/c1-2-18-14(17)8-13(16)12-7-10-5-3-4-6-11(10)9-15-12/h3-7,9H,2,8H2,1H3. The average Bonchev–Trinajstić information content (AvgIpc) is 2.38. The van der Waals surface area contributed by atoms with Crippen molar-refractivity contribution >= 4 is 22.5 Å². The third-order valence-electron chi connectivity index (χ3n) is 2.53. The van der Waals surface area contributed by atoms with Crippen LogP contribution in [0.3, 0.4) is 0 Å². The quantitative estimate of drug-likeness (QED) is 0.470. The molecule has 2 rings (SSSR count). The van der Waals surface area contributed by atoms with E-state index >= 15 is 0 Å². The summed E-state index contributed by atoms with van der Waals surface area (Å²) in [6.45, 7) is 1.98. The molecule has 4 heteroatoms. The molecule has 0 unspecified atom stereocenters. The van der Waals surface area contributed by atoms with Gasteiger partial charge in [0.05, 0.1) is 6.61 Å². The van der Waals surface area contributed by atoms with Crippen LogP contribution in [0, 0.1) is 0 Å². The molecule has 0 aliphatic heterocycles. The summed E-state index contributed by atoms with van der Waals surface area (Å²) in [6, 6.07) is 9.31. The van der Waals surface area contributed by atoms with Gasteiger partial charge in [0.25, 0.3) is 0 Å². The van der Waals surface area contributed by atoms with Crippen LogP contribution in [0.4, 0.5) is 0 Å². The second-order valence-corrected chi connectivity index (χ2v) is 3.82. The normalized spacial score (nSPS) is 10.3. The molecule has 1 aromatic heterocycles. The summed E-state index contributed by atoms with van der Waals surface area (Å²) in [4.78, 5) is 27.1. The largest absolute Gasteiger partial charge is 0.466 e. The summed E-state index contributed by atoms with van der Waals surface area (Å²) in [6.07, 6.45) is 1.37. The first kappa shape index (κ1) is 12.2. The number of carbonyl (C=O) groups is 2. The number of ether oxygens (including phenoxy) is 1. The van der Waals surface area contributed by atoms with Crippen LogP contribution >= 0.6 is 0 Å². The van der Waals surface area contributed by atoms with Gasteiger partial charge >= 0.3 is 5.97 Å². The molecule has 0 spiro atoms. The molecule has 2 aromatic rings. The van der Waals surface area contributed by atoms with Crippen LogP contribution in [-0.4, -0.2) is 23.3 Å². The predicted octanol–water partition coefficient (Wildman–Crippen LogP) is 2.37. The third-order valence-corrected chi connectivity index (χ3v) is 2.53. The molecule has 4 nitrogen and oxygen atoms in total. The Morgan fingerprint density at radius 2 is 1.94 bits per heavy atom. The highest BCUT2D eigenvalue weighted by atomic mass is 16.5. The van der Waals surface area contributed by atoms with Crippen molar-refractivity contribution in [2.75, 3.05) is 6.61 Å². The Labute approximate surface area is 105 Å². The second kappa shape index (κ2) is 5.40. The fourth-order valence-electron chi connectivity index (χ4n) is 1.67. The van der Waals surface area contributed by atoms with Crippen molar-refractivity contribution in [2.45, 2.75) is 13.3 Å². The monoisotopic (exact) mass is 243 g/mol. The van der Waals surface area contributed by atoms with Crippen LogP contribution in [0.15, 0.2) is 36.5 Å². The van der Waals surface area contributed by atoms with E-state index in [1.54, 1.807) is 19.2 Å². The van der Waals surface area contributed by atoms with Crippen molar-refractivity contribution < 1.29 is 14.3 Å². The van der Waals surface area contributed by atoms with E-state index in [2.05, 4.69) is 4.98 Å². The van der Waals surface area contributed by atoms with Gasteiger partial charge in [0, 0.05) is 11.6 Å². The molecule has 0 aliphatic rings. The Bertz CT molecular complexity index is 592. The van der Waals surface area contributed by atoms with Gasteiger partial charge in [0.15, 0.2) is 5.78 Å². The van der Waals surface area contributed by atoms with Gasteiger partial charge in [0.1, 0.15) is 12.1 Å². The Morgan fingerprint density at radius 3 is 2.67 bits per heavy atom. The molecule has 0 atom stereocenters. The molecule has 1 aromatic carbocycles. The topological polar surface area (TPSA) is 56.3 Å². The van der Waals surface area contributed by atoms with Gasteiger partial charge in [-0.2, -0.15) is 0 Å². The Hall–Kier alpha value is -2.23. The van der Waals surface area contributed by atoms with E-state index in [0.717, 1.165) is 10.8 Å². The highest BCUT2D eigenvalue weighted by molar-refractivity contribution is 6.06.